The van der Waals surface area contributed by atoms with Gasteiger partial charge in [-0.1, -0.05) is 41.0 Å². The van der Waals surface area contributed by atoms with Crippen molar-refractivity contribution in [1.82, 2.24) is 5.32 Å². The van der Waals surface area contributed by atoms with E-state index in [9.17, 15) is 9.90 Å². The maximum Gasteiger partial charge on any atom is 0.236 e. The molecule has 1 amide bonds. The number of carbonyl (C=O) groups is 1. The van der Waals surface area contributed by atoms with Crippen LogP contribution >= 0.6 is 35.0 Å². The molecule has 8 heteroatoms. The third-order valence-corrected chi connectivity index (χ3v) is 4.46. The van der Waals surface area contributed by atoms with Crippen LogP contribution in [0.25, 0.3) is 11.1 Å². The summed E-state index contributed by atoms with van der Waals surface area (Å²) in [5.41, 5.74) is 2.08. The summed E-state index contributed by atoms with van der Waals surface area (Å²) in [6.45, 7) is 0. The Balaban J connectivity index is 1.81. The molecule has 24 heavy (non-hydrogen) atoms. The quantitative estimate of drug-likeness (QED) is 0.626. The second-order valence-corrected chi connectivity index (χ2v) is 6.76. The number of nitrogens with one attached hydrogen (secondary N) is 1. The number of benzene rings is 2. The minimum absolute atomic E-state index is 0.0515. The lowest BCUT2D eigenvalue weighted by molar-refractivity contribution is -0.116. The molecule has 0 bridgehead atoms. The number of hydrogen-bond acceptors (Lipinski definition) is 5. The lowest BCUT2D eigenvalue weighted by Crippen LogP contribution is -2.19. The third-order valence-electron chi connectivity index (χ3n) is 3.16. The number of halogens is 2. The summed E-state index contributed by atoms with van der Waals surface area (Å²) in [5.74, 6) is 0.299. The Morgan fingerprint density at radius 1 is 1.12 bits per heavy atom. The Morgan fingerprint density at radius 3 is 2.50 bits per heavy atom. The number of rotatable bonds is 3. The zero-order chi connectivity index (χ0) is 17.1. The van der Waals surface area contributed by atoms with Gasteiger partial charge in [-0.05, 0) is 41.5 Å². The highest BCUT2D eigenvalue weighted by Gasteiger charge is 2.16. The van der Waals surface area contributed by atoms with Crippen LogP contribution in [0.4, 0.5) is 0 Å². The number of hydrogen-bond donors (Lipinski definition) is 2. The minimum atomic E-state index is -0.0960. The first-order chi connectivity index (χ1) is 11.5. The highest BCUT2D eigenvalue weighted by atomic mass is 35.5. The molecule has 0 spiro atoms. The van der Waals surface area contributed by atoms with E-state index in [4.69, 9.17) is 23.2 Å². The van der Waals surface area contributed by atoms with E-state index in [0.717, 1.165) is 11.1 Å². The second kappa shape index (κ2) is 7.25. The molecule has 122 valence electrons. The van der Waals surface area contributed by atoms with Crippen LogP contribution in [0.2, 0.25) is 10.0 Å². The zero-order valence-electron chi connectivity index (χ0n) is 12.2. The Kier molecular flexibility index (Phi) is 5.08. The van der Waals surface area contributed by atoms with Crippen molar-refractivity contribution in [1.29, 1.82) is 0 Å². The van der Waals surface area contributed by atoms with E-state index in [2.05, 4.69) is 15.5 Å². The summed E-state index contributed by atoms with van der Waals surface area (Å²) >= 11 is 13.3. The molecule has 1 fully saturated rings. The molecular formula is C16H11Cl2N3O2S. The molecule has 2 aromatic rings. The summed E-state index contributed by atoms with van der Waals surface area (Å²) in [4.78, 5) is 11.0. The van der Waals surface area contributed by atoms with Gasteiger partial charge in [0.2, 0.25) is 5.91 Å². The molecule has 0 radical (unpaired) electrons. The molecule has 2 aromatic carbocycles. The van der Waals surface area contributed by atoms with E-state index in [0.29, 0.717) is 26.5 Å². The maximum absolute atomic E-state index is 11.0. The Bertz CT molecular complexity index is 848. The van der Waals surface area contributed by atoms with E-state index >= 15 is 0 Å². The smallest absolute Gasteiger partial charge is 0.236 e. The van der Waals surface area contributed by atoms with Crippen molar-refractivity contribution in [2.45, 2.75) is 0 Å². The first-order valence-electron chi connectivity index (χ1n) is 6.84. The topological polar surface area (TPSA) is 74.0 Å². The number of nitrogens with zero attached hydrogens (tertiary/aromatic N) is 2. The molecule has 1 saturated heterocycles. The maximum atomic E-state index is 11.0. The summed E-state index contributed by atoms with van der Waals surface area (Å²) < 4.78 is 0. The van der Waals surface area contributed by atoms with Crippen LogP contribution in [0.15, 0.2) is 46.6 Å². The third kappa shape index (κ3) is 4.08. The van der Waals surface area contributed by atoms with Gasteiger partial charge in [0.05, 0.1) is 12.0 Å². The minimum Gasteiger partial charge on any atom is -0.507 e. The number of amidine groups is 1. The van der Waals surface area contributed by atoms with Crippen LogP contribution in [0.5, 0.6) is 5.75 Å². The Morgan fingerprint density at radius 2 is 1.88 bits per heavy atom. The predicted molar refractivity (Wildman–Crippen MR) is 99.2 cm³/mol. The summed E-state index contributed by atoms with van der Waals surface area (Å²) in [6.07, 6.45) is 1.42. The van der Waals surface area contributed by atoms with Crippen molar-refractivity contribution in [2.24, 2.45) is 10.2 Å². The van der Waals surface area contributed by atoms with Crippen molar-refractivity contribution in [2.75, 3.05) is 5.75 Å². The standard InChI is InChI=1S/C16H11Cl2N3O2S/c17-12-3-11(4-13(18)6-12)9-1-2-10(14(22)5-9)7-19-21-16-20-15(23)8-24-16/h1-7,22H,8H2,(H,20,21,23). The molecule has 0 aromatic heterocycles. The average Bonchev–Trinajstić information content (AvgIpc) is 2.93. The van der Waals surface area contributed by atoms with Crippen molar-refractivity contribution in [3.05, 3.63) is 52.0 Å². The Labute approximate surface area is 152 Å². The van der Waals surface area contributed by atoms with Gasteiger partial charge < -0.3 is 10.4 Å². The second-order valence-electron chi connectivity index (χ2n) is 4.92. The molecule has 0 saturated carbocycles. The van der Waals surface area contributed by atoms with Gasteiger partial charge in [-0.2, -0.15) is 5.10 Å². The van der Waals surface area contributed by atoms with Crippen LogP contribution in [-0.4, -0.2) is 28.1 Å². The molecular weight excluding hydrogens is 369 g/mol. The van der Waals surface area contributed by atoms with Crippen LogP contribution in [0.3, 0.4) is 0 Å². The van der Waals surface area contributed by atoms with E-state index in [1.54, 1.807) is 30.3 Å². The molecule has 0 unspecified atom stereocenters. The van der Waals surface area contributed by atoms with Crippen LogP contribution in [0, 0.1) is 0 Å². The molecule has 1 aliphatic heterocycles. The molecule has 2 N–H and O–H groups in total. The molecule has 1 heterocycles. The SMILES string of the molecule is O=C1CSC(=NN=Cc2ccc(-c3cc(Cl)cc(Cl)c3)cc2O)N1. The molecule has 5 nitrogen and oxygen atoms in total. The van der Waals surface area contributed by atoms with Crippen molar-refractivity contribution in [3.8, 4) is 16.9 Å². The average molecular weight is 380 g/mol. The van der Waals surface area contributed by atoms with Gasteiger partial charge in [0, 0.05) is 15.6 Å². The summed E-state index contributed by atoms with van der Waals surface area (Å²) in [5, 5.41) is 22.0. The van der Waals surface area contributed by atoms with E-state index < -0.39 is 0 Å². The molecule has 1 aliphatic rings. The van der Waals surface area contributed by atoms with Gasteiger partial charge in [0.1, 0.15) is 5.75 Å². The molecule has 0 atom stereocenters. The van der Waals surface area contributed by atoms with Gasteiger partial charge in [0.15, 0.2) is 5.17 Å². The van der Waals surface area contributed by atoms with E-state index in [1.165, 1.54) is 18.0 Å². The largest absolute Gasteiger partial charge is 0.507 e. The zero-order valence-corrected chi connectivity index (χ0v) is 14.5. The first-order valence-corrected chi connectivity index (χ1v) is 8.58. The van der Waals surface area contributed by atoms with Gasteiger partial charge >= 0.3 is 0 Å². The lowest BCUT2D eigenvalue weighted by atomic mass is 10.0. The number of phenolic OH excluding ortho intramolecular Hbond substituents is 1. The Hall–Kier alpha value is -2.02. The summed E-state index contributed by atoms with van der Waals surface area (Å²) in [7, 11) is 0. The normalized spacial score (nSPS) is 16.1. The van der Waals surface area contributed by atoms with Gasteiger partial charge in [-0.3, -0.25) is 4.79 Å². The molecule has 3 rings (SSSR count). The number of amides is 1. The number of aromatic hydroxyl groups is 1. The van der Waals surface area contributed by atoms with Crippen LogP contribution in [0.1, 0.15) is 5.56 Å². The summed E-state index contributed by atoms with van der Waals surface area (Å²) in [6, 6.07) is 10.3. The van der Waals surface area contributed by atoms with E-state index in [1.807, 2.05) is 6.07 Å². The predicted octanol–water partition coefficient (Wildman–Crippen LogP) is 3.92. The highest BCUT2D eigenvalue weighted by molar-refractivity contribution is 8.15. The fourth-order valence-corrected chi connectivity index (χ4v) is 3.23. The molecule has 0 aliphatic carbocycles. The van der Waals surface area contributed by atoms with Gasteiger partial charge in [0.25, 0.3) is 0 Å². The fraction of sp³-hybridized carbons (Fsp3) is 0.0625. The fourth-order valence-electron chi connectivity index (χ4n) is 2.08. The van der Waals surface area contributed by atoms with E-state index in [-0.39, 0.29) is 11.7 Å². The highest BCUT2D eigenvalue weighted by Crippen LogP contribution is 2.30. The van der Waals surface area contributed by atoms with Crippen molar-refractivity contribution >= 4 is 52.3 Å². The number of thioether (sulfide) groups is 1. The lowest BCUT2D eigenvalue weighted by Gasteiger charge is -2.06. The van der Waals surface area contributed by atoms with Gasteiger partial charge in [-0.15, -0.1) is 5.10 Å². The first kappa shape index (κ1) is 16.8. The van der Waals surface area contributed by atoms with Crippen LogP contribution in [-0.2, 0) is 4.79 Å². The van der Waals surface area contributed by atoms with Crippen molar-refractivity contribution in [3.63, 3.8) is 0 Å². The number of phenols is 1. The van der Waals surface area contributed by atoms with Crippen molar-refractivity contribution < 1.29 is 9.90 Å². The van der Waals surface area contributed by atoms with Crippen LogP contribution < -0.4 is 5.32 Å². The van der Waals surface area contributed by atoms with Gasteiger partial charge in [-0.25, -0.2) is 0 Å². The number of carbonyl (C=O) groups excluding carboxylic acids is 1. The monoisotopic (exact) mass is 379 g/mol.